The van der Waals surface area contributed by atoms with E-state index in [1.165, 1.54) is 30.3 Å². The minimum Gasteiger partial charge on any atom is -0.414 e. The van der Waals surface area contributed by atoms with Gasteiger partial charge in [0.15, 0.2) is 0 Å². The summed E-state index contributed by atoms with van der Waals surface area (Å²) in [7, 11) is -4.37. The summed E-state index contributed by atoms with van der Waals surface area (Å²) in [6, 6.07) is 16.3. The molecule has 3 aromatic carbocycles. The highest BCUT2D eigenvalue weighted by atomic mass is 32.2. The number of fused-ring (bicyclic) bond motifs is 1. The van der Waals surface area contributed by atoms with Gasteiger partial charge in [-0.25, -0.2) is 17.6 Å². The van der Waals surface area contributed by atoms with E-state index in [4.69, 9.17) is 4.42 Å². The van der Waals surface area contributed by atoms with Gasteiger partial charge in [-0.05, 0) is 54.6 Å². The van der Waals surface area contributed by atoms with Crippen molar-refractivity contribution in [1.82, 2.24) is 0 Å². The monoisotopic (exact) mass is 429 g/mol. The number of sulfonamides is 1. The first-order valence-electron chi connectivity index (χ1n) is 8.30. The molecule has 0 fully saturated rings. The van der Waals surface area contributed by atoms with Gasteiger partial charge in [0.2, 0.25) is 0 Å². The maximum absolute atomic E-state index is 13.3. The Hall–Kier alpha value is -3.30. The van der Waals surface area contributed by atoms with Crippen LogP contribution in [-0.4, -0.2) is 14.3 Å². The molecule has 0 aliphatic carbocycles. The van der Waals surface area contributed by atoms with Gasteiger partial charge in [-0.1, -0.05) is 29.5 Å². The molecule has 0 saturated carbocycles. The molecule has 4 rings (SSSR count). The van der Waals surface area contributed by atoms with E-state index in [-0.39, 0.29) is 21.7 Å². The predicted molar refractivity (Wildman–Crippen MR) is 107 cm³/mol. The zero-order chi connectivity index (χ0) is 20.6. The Bertz CT molecular complexity index is 1360. The number of halogens is 1. The number of hydrogen-bond donors (Lipinski definition) is 0. The highest BCUT2D eigenvalue weighted by Gasteiger charge is 2.32. The van der Waals surface area contributed by atoms with Gasteiger partial charge in [0, 0.05) is 5.56 Å². The number of nitrogens with zero attached hydrogens (tertiary/aromatic N) is 1. The lowest BCUT2D eigenvalue weighted by Crippen LogP contribution is -2.37. The first-order chi connectivity index (χ1) is 13.9. The molecule has 0 atom stereocenters. The Labute approximate surface area is 168 Å². The lowest BCUT2D eigenvalue weighted by molar-refractivity contribution is 0.101. The third-order valence-electron chi connectivity index (χ3n) is 4.11. The van der Waals surface area contributed by atoms with E-state index in [0.29, 0.717) is 9.01 Å². The Morgan fingerprint density at radius 2 is 1.66 bits per heavy atom. The number of amides is 1. The van der Waals surface area contributed by atoms with Gasteiger partial charge in [0.1, 0.15) is 11.4 Å². The third-order valence-corrected chi connectivity index (χ3v) is 6.62. The molecule has 29 heavy (non-hydrogen) atoms. The van der Waals surface area contributed by atoms with Crippen LogP contribution < -0.4 is 9.24 Å². The third kappa shape index (κ3) is 3.57. The number of benzene rings is 3. The Balaban J connectivity index is 1.91. The smallest absolute Gasteiger partial charge is 0.396 e. The summed E-state index contributed by atoms with van der Waals surface area (Å²) in [6.45, 7) is 0. The van der Waals surface area contributed by atoms with Crippen molar-refractivity contribution in [3.8, 4) is 0 Å². The van der Waals surface area contributed by atoms with Crippen molar-refractivity contribution in [3.63, 3.8) is 0 Å². The first kappa shape index (κ1) is 19.0. The highest BCUT2D eigenvalue weighted by molar-refractivity contribution is 7.93. The van der Waals surface area contributed by atoms with Gasteiger partial charge in [-0.15, -0.1) is 0 Å². The van der Waals surface area contributed by atoms with Crippen LogP contribution in [0.3, 0.4) is 0 Å². The van der Waals surface area contributed by atoms with E-state index in [2.05, 4.69) is 0 Å². The molecular weight excluding hydrogens is 417 g/mol. The maximum atomic E-state index is 13.3. The van der Waals surface area contributed by atoms with Crippen LogP contribution in [0, 0.1) is 5.82 Å². The van der Waals surface area contributed by atoms with Crippen molar-refractivity contribution >= 4 is 43.2 Å². The molecule has 4 aromatic rings. The minimum absolute atomic E-state index is 0.0349. The summed E-state index contributed by atoms with van der Waals surface area (Å²) >= 11 is 0.795. The van der Waals surface area contributed by atoms with Crippen LogP contribution in [-0.2, 0) is 10.0 Å². The molecule has 0 saturated heterocycles. The SMILES string of the molecule is O=C(c1ccccc1)N(c1ccc2oc(=O)sc2c1)S(=O)(=O)c1ccc(F)cc1. The zero-order valence-corrected chi connectivity index (χ0v) is 16.2. The molecule has 1 aromatic heterocycles. The number of hydrogen-bond acceptors (Lipinski definition) is 6. The van der Waals surface area contributed by atoms with Crippen LogP contribution in [0.5, 0.6) is 0 Å². The van der Waals surface area contributed by atoms with Crippen LogP contribution in [0.25, 0.3) is 10.3 Å². The highest BCUT2D eigenvalue weighted by Crippen LogP contribution is 2.30. The summed E-state index contributed by atoms with van der Waals surface area (Å²) in [6.07, 6.45) is 0. The number of carbonyl (C=O) groups is 1. The second-order valence-electron chi connectivity index (χ2n) is 5.98. The van der Waals surface area contributed by atoms with Gasteiger partial charge in [-0.2, -0.15) is 4.31 Å². The second-order valence-corrected chi connectivity index (χ2v) is 8.74. The summed E-state index contributed by atoms with van der Waals surface area (Å²) in [4.78, 5) is 23.9. The van der Waals surface area contributed by atoms with Crippen molar-refractivity contribution in [1.29, 1.82) is 0 Å². The number of anilines is 1. The van der Waals surface area contributed by atoms with Crippen molar-refractivity contribution < 1.29 is 22.0 Å². The van der Waals surface area contributed by atoms with E-state index in [1.807, 2.05) is 0 Å². The van der Waals surface area contributed by atoms with Crippen LogP contribution in [0.4, 0.5) is 10.1 Å². The molecule has 0 aliphatic heterocycles. The molecular formula is C20H12FNO5S2. The molecule has 9 heteroatoms. The van der Waals surface area contributed by atoms with Crippen molar-refractivity contribution in [3.05, 3.63) is 93.9 Å². The van der Waals surface area contributed by atoms with Crippen LogP contribution in [0.1, 0.15) is 10.4 Å². The van der Waals surface area contributed by atoms with E-state index >= 15 is 0 Å². The first-order valence-corrected chi connectivity index (χ1v) is 10.6. The average molecular weight is 429 g/mol. The Morgan fingerprint density at radius 1 is 0.966 bits per heavy atom. The van der Waals surface area contributed by atoms with Crippen molar-refractivity contribution in [2.75, 3.05) is 4.31 Å². The topological polar surface area (TPSA) is 84.7 Å². The molecule has 1 amide bonds. The fourth-order valence-electron chi connectivity index (χ4n) is 2.76. The quantitative estimate of drug-likeness (QED) is 0.489. The summed E-state index contributed by atoms with van der Waals surface area (Å²) < 4.78 is 45.9. The summed E-state index contributed by atoms with van der Waals surface area (Å²) in [5, 5.41) is 0. The molecule has 1 heterocycles. The Kier molecular flexibility index (Phi) is 4.77. The molecule has 0 N–H and O–H groups in total. The van der Waals surface area contributed by atoms with E-state index in [0.717, 1.165) is 35.6 Å². The van der Waals surface area contributed by atoms with Crippen molar-refractivity contribution in [2.24, 2.45) is 0 Å². The molecule has 6 nitrogen and oxygen atoms in total. The lowest BCUT2D eigenvalue weighted by Gasteiger charge is -2.22. The summed E-state index contributed by atoms with van der Waals surface area (Å²) in [5.74, 6) is -1.39. The van der Waals surface area contributed by atoms with Crippen LogP contribution >= 0.6 is 11.3 Å². The molecule has 0 aliphatic rings. The molecule has 0 bridgehead atoms. The fraction of sp³-hybridized carbons (Fsp3) is 0. The molecule has 0 unspecified atom stereocenters. The van der Waals surface area contributed by atoms with Gasteiger partial charge in [0.25, 0.3) is 15.9 Å². The maximum Gasteiger partial charge on any atom is 0.396 e. The van der Waals surface area contributed by atoms with Gasteiger partial charge in [0.05, 0.1) is 15.3 Å². The van der Waals surface area contributed by atoms with Crippen molar-refractivity contribution in [2.45, 2.75) is 4.90 Å². The van der Waals surface area contributed by atoms with Gasteiger partial charge < -0.3 is 4.42 Å². The summed E-state index contributed by atoms with van der Waals surface area (Å²) in [5.41, 5.74) is 0.474. The fourth-order valence-corrected chi connectivity index (χ4v) is 4.87. The zero-order valence-electron chi connectivity index (χ0n) is 14.6. The molecule has 146 valence electrons. The number of carbonyl (C=O) groups excluding carboxylic acids is 1. The Morgan fingerprint density at radius 3 is 2.34 bits per heavy atom. The normalized spacial score (nSPS) is 11.5. The standard InChI is InChI=1S/C20H12FNO5S2/c21-14-6-9-16(10-7-14)29(25,26)22(19(23)13-4-2-1-3-5-13)15-8-11-17-18(12-15)28-20(24)27-17/h1-12H. The predicted octanol–water partition coefficient (Wildman–Crippen LogP) is 4.03. The molecule has 0 radical (unpaired) electrons. The van der Waals surface area contributed by atoms with Gasteiger partial charge in [-0.3, -0.25) is 4.79 Å². The van der Waals surface area contributed by atoms with Crippen LogP contribution in [0.2, 0.25) is 0 Å². The van der Waals surface area contributed by atoms with Crippen LogP contribution in [0.15, 0.2) is 86.9 Å². The van der Waals surface area contributed by atoms with Gasteiger partial charge >= 0.3 is 4.94 Å². The number of rotatable bonds is 4. The minimum atomic E-state index is -4.37. The average Bonchev–Trinajstić information content (AvgIpc) is 3.08. The van der Waals surface area contributed by atoms with E-state index in [9.17, 15) is 22.4 Å². The van der Waals surface area contributed by atoms with E-state index in [1.54, 1.807) is 18.2 Å². The second kappa shape index (κ2) is 7.26. The molecule has 0 spiro atoms. The lowest BCUT2D eigenvalue weighted by atomic mass is 10.2. The largest absolute Gasteiger partial charge is 0.414 e. The van der Waals surface area contributed by atoms with E-state index < -0.39 is 26.7 Å².